The van der Waals surface area contributed by atoms with Crippen LogP contribution < -0.4 is 10.6 Å². The predicted octanol–water partition coefficient (Wildman–Crippen LogP) is 1.19. The van der Waals surface area contributed by atoms with Crippen molar-refractivity contribution in [2.24, 2.45) is 5.92 Å². The van der Waals surface area contributed by atoms with Crippen LogP contribution in [0.15, 0.2) is 18.5 Å². The van der Waals surface area contributed by atoms with Gasteiger partial charge in [-0.1, -0.05) is 0 Å². The molecule has 5 heteroatoms. The molecule has 1 amide bonds. The number of nitrogens with one attached hydrogen (secondary N) is 2. The van der Waals surface area contributed by atoms with Crippen molar-refractivity contribution < 1.29 is 4.79 Å². The third-order valence-electron chi connectivity index (χ3n) is 3.47. The Balaban J connectivity index is 1.92. The van der Waals surface area contributed by atoms with E-state index in [-0.39, 0.29) is 5.91 Å². The van der Waals surface area contributed by atoms with Gasteiger partial charge in [0.05, 0.1) is 11.3 Å². The van der Waals surface area contributed by atoms with Crippen LogP contribution >= 0.6 is 0 Å². The van der Waals surface area contributed by atoms with Gasteiger partial charge in [-0.2, -0.15) is 0 Å². The summed E-state index contributed by atoms with van der Waals surface area (Å²) >= 11 is 0. The molecule has 0 bridgehead atoms. The standard InChI is InChI=1S/C14H22N4O/c1-3-16-13-4-6-15-9-12(13)14(19)17-8-11-5-7-18(2)10-11/h4,6,9,11H,3,5,7-8,10H2,1-2H3,(H,15,16)(H,17,19). The first kappa shape index (κ1) is 13.8. The zero-order valence-corrected chi connectivity index (χ0v) is 11.6. The third kappa shape index (κ3) is 3.67. The number of carbonyl (C=O) groups is 1. The lowest BCUT2D eigenvalue weighted by atomic mass is 10.1. The number of likely N-dealkylation sites (tertiary alicyclic amines) is 1. The van der Waals surface area contributed by atoms with Crippen LogP contribution in [0, 0.1) is 5.92 Å². The van der Waals surface area contributed by atoms with Crippen LogP contribution in [-0.2, 0) is 0 Å². The highest BCUT2D eigenvalue weighted by atomic mass is 16.1. The summed E-state index contributed by atoms with van der Waals surface area (Å²) in [5, 5.41) is 6.20. The maximum Gasteiger partial charge on any atom is 0.254 e. The summed E-state index contributed by atoms with van der Waals surface area (Å²) in [7, 11) is 2.12. The lowest BCUT2D eigenvalue weighted by Crippen LogP contribution is -2.31. The minimum atomic E-state index is -0.0430. The molecular weight excluding hydrogens is 240 g/mol. The Morgan fingerprint density at radius 1 is 1.58 bits per heavy atom. The highest BCUT2D eigenvalue weighted by molar-refractivity contribution is 5.99. The lowest BCUT2D eigenvalue weighted by Gasteiger charge is -2.13. The average molecular weight is 262 g/mol. The van der Waals surface area contributed by atoms with Crippen LogP contribution in [0.3, 0.4) is 0 Å². The van der Waals surface area contributed by atoms with E-state index in [2.05, 4.69) is 27.6 Å². The van der Waals surface area contributed by atoms with Gasteiger partial charge in [0, 0.05) is 32.0 Å². The van der Waals surface area contributed by atoms with Crippen molar-refractivity contribution in [2.75, 3.05) is 38.5 Å². The summed E-state index contributed by atoms with van der Waals surface area (Å²) in [6, 6.07) is 1.84. The van der Waals surface area contributed by atoms with Crippen LogP contribution in [0.25, 0.3) is 0 Å². The van der Waals surface area contributed by atoms with Crippen LogP contribution in [0.1, 0.15) is 23.7 Å². The number of anilines is 1. The fraction of sp³-hybridized carbons (Fsp3) is 0.571. The average Bonchev–Trinajstić information content (AvgIpc) is 2.83. The number of carbonyl (C=O) groups excluding carboxylic acids is 1. The van der Waals surface area contributed by atoms with E-state index >= 15 is 0 Å². The van der Waals surface area contributed by atoms with Crippen molar-refractivity contribution in [2.45, 2.75) is 13.3 Å². The normalized spacial score (nSPS) is 19.4. The van der Waals surface area contributed by atoms with Gasteiger partial charge in [-0.25, -0.2) is 0 Å². The molecule has 0 aliphatic carbocycles. The molecule has 1 aliphatic rings. The molecule has 1 aliphatic heterocycles. The van der Waals surface area contributed by atoms with Gasteiger partial charge >= 0.3 is 0 Å². The van der Waals surface area contributed by atoms with E-state index in [1.165, 1.54) is 0 Å². The zero-order chi connectivity index (χ0) is 13.7. The first-order valence-corrected chi connectivity index (χ1v) is 6.85. The molecule has 1 aromatic heterocycles. The second-order valence-corrected chi connectivity index (χ2v) is 5.08. The fourth-order valence-corrected chi connectivity index (χ4v) is 2.45. The summed E-state index contributed by atoms with van der Waals surface area (Å²) in [6.07, 6.45) is 4.47. The predicted molar refractivity (Wildman–Crippen MR) is 76.3 cm³/mol. The van der Waals surface area contributed by atoms with E-state index in [0.717, 1.165) is 38.3 Å². The van der Waals surface area contributed by atoms with E-state index in [0.29, 0.717) is 11.5 Å². The molecule has 2 rings (SSSR count). The first-order valence-electron chi connectivity index (χ1n) is 6.85. The number of aromatic nitrogens is 1. The van der Waals surface area contributed by atoms with Gasteiger partial charge in [0.25, 0.3) is 5.91 Å². The Morgan fingerprint density at radius 2 is 2.42 bits per heavy atom. The molecule has 0 saturated carbocycles. The van der Waals surface area contributed by atoms with Gasteiger partial charge < -0.3 is 15.5 Å². The van der Waals surface area contributed by atoms with Crippen LogP contribution in [0.4, 0.5) is 5.69 Å². The topological polar surface area (TPSA) is 57.3 Å². The maximum absolute atomic E-state index is 12.2. The number of pyridine rings is 1. The number of hydrogen-bond acceptors (Lipinski definition) is 4. The molecule has 2 heterocycles. The summed E-state index contributed by atoms with van der Waals surface area (Å²) in [6.45, 7) is 5.72. The minimum Gasteiger partial charge on any atom is -0.385 e. The first-order chi connectivity index (χ1) is 9.20. The molecule has 1 aromatic rings. The zero-order valence-electron chi connectivity index (χ0n) is 11.6. The molecule has 1 unspecified atom stereocenters. The second-order valence-electron chi connectivity index (χ2n) is 5.08. The Bertz CT molecular complexity index is 435. The highest BCUT2D eigenvalue weighted by Gasteiger charge is 2.20. The van der Waals surface area contributed by atoms with Crippen molar-refractivity contribution in [3.63, 3.8) is 0 Å². The van der Waals surface area contributed by atoms with Crippen LogP contribution in [-0.4, -0.2) is 49.0 Å². The van der Waals surface area contributed by atoms with Crippen molar-refractivity contribution >= 4 is 11.6 Å². The van der Waals surface area contributed by atoms with Crippen molar-refractivity contribution in [1.29, 1.82) is 0 Å². The smallest absolute Gasteiger partial charge is 0.254 e. The number of amides is 1. The summed E-state index contributed by atoms with van der Waals surface area (Å²) in [4.78, 5) is 18.5. The van der Waals surface area contributed by atoms with Crippen molar-refractivity contribution in [3.8, 4) is 0 Å². The molecule has 1 atom stereocenters. The van der Waals surface area contributed by atoms with E-state index < -0.39 is 0 Å². The summed E-state index contributed by atoms with van der Waals surface area (Å²) in [5.41, 5.74) is 1.47. The molecule has 1 fully saturated rings. The van der Waals surface area contributed by atoms with Crippen molar-refractivity contribution in [3.05, 3.63) is 24.0 Å². The molecule has 0 spiro atoms. The van der Waals surface area contributed by atoms with E-state index in [1.54, 1.807) is 12.4 Å². The molecule has 0 radical (unpaired) electrons. The molecule has 5 nitrogen and oxygen atoms in total. The Labute approximate surface area is 114 Å². The Hall–Kier alpha value is -1.62. The Morgan fingerprint density at radius 3 is 3.11 bits per heavy atom. The van der Waals surface area contributed by atoms with Gasteiger partial charge in [-0.3, -0.25) is 9.78 Å². The summed E-state index contributed by atoms with van der Waals surface area (Å²) < 4.78 is 0. The minimum absolute atomic E-state index is 0.0430. The molecule has 0 aromatic carbocycles. The van der Waals surface area contributed by atoms with Gasteiger partial charge in [-0.05, 0) is 38.9 Å². The Kier molecular flexibility index (Phi) is 4.74. The second kappa shape index (κ2) is 6.52. The molecule has 2 N–H and O–H groups in total. The highest BCUT2D eigenvalue weighted by Crippen LogP contribution is 2.15. The molecular formula is C14H22N4O. The van der Waals surface area contributed by atoms with E-state index in [1.807, 2.05) is 13.0 Å². The fourth-order valence-electron chi connectivity index (χ4n) is 2.45. The molecule has 104 valence electrons. The maximum atomic E-state index is 12.2. The lowest BCUT2D eigenvalue weighted by molar-refractivity contribution is 0.0948. The SMILES string of the molecule is CCNc1ccncc1C(=O)NCC1CCN(C)C1. The van der Waals surface area contributed by atoms with Gasteiger partial charge in [0.1, 0.15) is 0 Å². The summed E-state index contributed by atoms with van der Waals surface area (Å²) in [5.74, 6) is 0.520. The van der Waals surface area contributed by atoms with Gasteiger partial charge in [0.2, 0.25) is 0 Å². The van der Waals surface area contributed by atoms with Gasteiger partial charge in [-0.15, -0.1) is 0 Å². The van der Waals surface area contributed by atoms with Crippen LogP contribution in [0.5, 0.6) is 0 Å². The third-order valence-corrected chi connectivity index (χ3v) is 3.47. The van der Waals surface area contributed by atoms with E-state index in [9.17, 15) is 4.79 Å². The largest absolute Gasteiger partial charge is 0.385 e. The quantitative estimate of drug-likeness (QED) is 0.837. The number of rotatable bonds is 5. The van der Waals surface area contributed by atoms with E-state index in [4.69, 9.17) is 0 Å². The molecule has 1 saturated heterocycles. The number of nitrogens with zero attached hydrogens (tertiary/aromatic N) is 2. The number of hydrogen-bond donors (Lipinski definition) is 2. The molecule has 19 heavy (non-hydrogen) atoms. The monoisotopic (exact) mass is 262 g/mol. The van der Waals surface area contributed by atoms with Crippen LogP contribution in [0.2, 0.25) is 0 Å². The van der Waals surface area contributed by atoms with Crippen molar-refractivity contribution in [1.82, 2.24) is 15.2 Å². The van der Waals surface area contributed by atoms with Gasteiger partial charge in [0.15, 0.2) is 0 Å².